The lowest BCUT2D eigenvalue weighted by atomic mass is 10.1. The minimum absolute atomic E-state index is 0.245. The van der Waals surface area contributed by atoms with Crippen LogP contribution in [-0.2, 0) is 0 Å². The molecule has 2 N–H and O–H groups in total. The van der Waals surface area contributed by atoms with E-state index in [1.54, 1.807) is 0 Å². The van der Waals surface area contributed by atoms with Gasteiger partial charge in [-0.25, -0.2) is 0 Å². The van der Waals surface area contributed by atoms with Crippen LogP contribution in [0.4, 0.5) is 22.7 Å². The second-order valence-electron chi connectivity index (χ2n) is 7.15. The van der Waals surface area contributed by atoms with Gasteiger partial charge in [-0.3, -0.25) is 20.2 Å². The zero-order chi connectivity index (χ0) is 17.3. The van der Waals surface area contributed by atoms with Gasteiger partial charge in [-0.2, -0.15) is 0 Å². The van der Waals surface area contributed by atoms with Gasteiger partial charge in [-0.15, -0.1) is 0 Å². The molecule has 0 bridgehead atoms. The molecule has 0 heterocycles. The second-order valence-corrected chi connectivity index (χ2v) is 7.15. The number of nitrogens with one attached hydrogen (secondary N) is 2. The molecule has 0 aromatic heterocycles. The Labute approximate surface area is 129 Å². The molecule has 0 radical (unpaired) electrons. The molecule has 0 saturated carbocycles. The molecule has 1 aromatic rings. The van der Waals surface area contributed by atoms with Crippen molar-refractivity contribution in [1.82, 2.24) is 0 Å². The van der Waals surface area contributed by atoms with E-state index in [-0.39, 0.29) is 22.7 Å². The summed E-state index contributed by atoms with van der Waals surface area (Å²) in [6, 6.07) is 2.41. The third-order valence-corrected chi connectivity index (χ3v) is 2.53. The van der Waals surface area contributed by atoms with Gasteiger partial charge >= 0.3 is 0 Å². The quantitative estimate of drug-likeness (QED) is 0.644. The highest BCUT2D eigenvalue weighted by Gasteiger charge is 2.28. The van der Waals surface area contributed by atoms with E-state index in [1.807, 2.05) is 41.5 Å². The zero-order valence-corrected chi connectivity index (χ0v) is 13.7. The Balaban J connectivity index is 3.51. The first kappa shape index (κ1) is 17.7. The number of benzene rings is 1. The van der Waals surface area contributed by atoms with Gasteiger partial charge in [-0.05, 0) is 47.6 Å². The summed E-state index contributed by atoms with van der Waals surface area (Å²) in [4.78, 5) is 21.2. The SMILES string of the molecule is CC(C)(C)Nc1cc(NC(C)(C)C)c([N+](=O)[O-])cc1[N+](=O)[O-]. The van der Waals surface area contributed by atoms with E-state index < -0.39 is 20.9 Å². The van der Waals surface area contributed by atoms with Gasteiger partial charge in [0.25, 0.3) is 11.4 Å². The Morgan fingerprint density at radius 1 is 0.773 bits per heavy atom. The number of rotatable bonds is 4. The summed E-state index contributed by atoms with van der Waals surface area (Å²) in [7, 11) is 0. The average Bonchev–Trinajstić information content (AvgIpc) is 2.23. The number of anilines is 2. The van der Waals surface area contributed by atoms with Crippen molar-refractivity contribution in [3.63, 3.8) is 0 Å². The number of nitro benzene ring substituents is 2. The molecule has 0 amide bonds. The van der Waals surface area contributed by atoms with Gasteiger partial charge < -0.3 is 10.6 Å². The largest absolute Gasteiger partial charge is 0.375 e. The lowest BCUT2D eigenvalue weighted by Crippen LogP contribution is -2.28. The fourth-order valence-corrected chi connectivity index (χ4v) is 1.89. The van der Waals surface area contributed by atoms with Crippen LogP contribution >= 0.6 is 0 Å². The molecular formula is C14H22N4O4. The van der Waals surface area contributed by atoms with Crippen LogP contribution in [0, 0.1) is 20.2 Å². The fourth-order valence-electron chi connectivity index (χ4n) is 1.89. The predicted molar refractivity (Wildman–Crippen MR) is 86.5 cm³/mol. The molecule has 1 aromatic carbocycles. The second kappa shape index (κ2) is 5.78. The minimum Gasteiger partial charge on any atom is -0.375 e. The van der Waals surface area contributed by atoms with Crippen LogP contribution in [0.15, 0.2) is 12.1 Å². The van der Waals surface area contributed by atoms with E-state index in [0.717, 1.165) is 6.07 Å². The Morgan fingerprint density at radius 2 is 1.09 bits per heavy atom. The molecule has 0 fully saturated rings. The normalized spacial score (nSPS) is 11.9. The summed E-state index contributed by atoms with van der Waals surface area (Å²) >= 11 is 0. The van der Waals surface area contributed by atoms with Gasteiger partial charge in [0.05, 0.1) is 15.9 Å². The van der Waals surface area contributed by atoms with Crippen molar-refractivity contribution in [2.24, 2.45) is 0 Å². The molecule has 0 aliphatic heterocycles. The topological polar surface area (TPSA) is 110 Å². The van der Waals surface area contributed by atoms with Crippen LogP contribution in [0.3, 0.4) is 0 Å². The van der Waals surface area contributed by atoms with Gasteiger partial charge in [0, 0.05) is 11.1 Å². The highest BCUT2D eigenvalue weighted by Crippen LogP contribution is 2.38. The van der Waals surface area contributed by atoms with Crippen molar-refractivity contribution in [2.45, 2.75) is 52.6 Å². The third kappa shape index (κ3) is 4.87. The van der Waals surface area contributed by atoms with Gasteiger partial charge in [-0.1, -0.05) is 0 Å². The van der Waals surface area contributed by atoms with Crippen molar-refractivity contribution in [2.75, 3.05) is 10.6 Å². The highest BCUT2D eigenvalue weighted by atomic mass is 16.6. The van der Waals surface area contributed by atoms with Crippen molar-refractivity contribution < 1.29 is 9.85 Å². The Morgan fingerprint density at radius 3 is 1.32 bits per heavy atom. The van der Waals surface area contributed by atoms with E-state index in [0.29, 0.717) is 0 Å². The summed E-state index contributed by atoms with van der Waals surface area (Å²) < 4.78 is 0. The van der Waals surface area contributed by atoms with Crippen LogP contribution in [0.25, 0.3) is 0 Å². The van der Waals surface area contributed by atoms with E-state index in [1.165, 1.54) is 6.07 Å². The molecule has 1 rings (SSSR count). The summed E-state index contributed by atoms with van der Waals surface area (Å²) in [6.45, 7) is 11.1. The maximum absolute atomic E-state index is 11.2. The smallest absolute Gasteiger partial charge is 0.299 e. The third-order valence-electron chi connectivity index (χ3n) is 2.53. The monoisotopic (exact) mass is 310 g/mol. The van der Waals surface area contributed by atoms with Crippen molar-refractivity contribution in [3.05, 3.63) is 32.4 Å². The molecule has 122 valence electrons. The van der Waals surface area contributed by atoms with Crippen LogP contribution in [0.1, 0.15) is 41.5 Å². The van der Waals surface area contributed by atoms with E-state index >= 15 is 0 Å². The maximum atomic E-state index is 11.2. The van der Waals surface area contributed by atoms with Crippen LogP contribution < -0.4 is 10.6 Å². The first-order chi connectivity index (χ1) is 9.80. The maximum Gasteiger partial charge on any atom is 0.299 e. The summed E-state index contributed by atoms with van der Waals surface area (Å²) in [6.07, 6.45) is 0. The Hall–Kier alpha value is -2.38. The molecule has 8 heteroatoms. The zero-order valence-electron chi connectivity index (χ0n) is 13.7. The van der Waals surface area contributed by atoms with Gasteiger partial charge in [0.15, 0.2) is 0 Å². The molecule has 0 atom stereocenters. The number of nitro groups is 2. The van der Waals surface area contributed by atoms with Gasteiger partial charge in [0.1, 0.15) is 11.4 Å². The van der Waals surface area contributed by atoms with E-state index in [2.05, 4.69) is 10.6 Å². The highest BCUT2D eigenvalue weighted by molar-refractivity contribution is 5.77. The van der Waals surface area contributed by atoms with E-state index in [4.69, 9.17) is 0 Å². The number of hydrogen-bond acceptors (Lipinski definition) is 6. The summed E-state index contributed by atoms with van der Waals surface area (Å²) in [5, 5.41) is 28.4. The minimum atomic E-state index is -0.623. The molecular weight excluding hydrogens is 288 g/mol. The standard InChI is InChI=1S/C14H22N4O4/c1-13(2,3)15-9-7-10(16-14(4,5)6)12(18(21)22)8-11(9)17(19)20/h7-8,15-16H,1-6H3. The molecule has 0 aliphatic rings. The van der Waals surface area contributed by atoms with Crippen molar-refractivity contribution >= 4 is 22.7 Å². The lowest BCUT2D eigenvalue weighted by molar-refractivity contribution is -0.393. The van der Waals surface area contributed by atoms with Crippen LogP contribution in [-0.4, -0.2) is 20.9 Å². The van der Waals surface area contributed by atoms with Crippen LogP contribution in [0.2, 0.25) is 0 Å². The Bertz CT molecular complexity index is 551. The lowest BCUT2D eigenvalue weighted by Gasteiger charge is -2.25. The first-order valence-corrected chi connectivity index (χ1v) is 6.83. The molecule has 8 nitrogen and oxygen atoms in total. The number of hydrogen-bond donors (Lipinski definition) is 2. The van der Waals surface area contributed by atoms with Crippen LogP contribution in [0.5, 0.6) is 0 Å². The Kier molecular flexibility index (Phi) is 4.64. The summed E-state index contributed by atoms with van der Waals surface area (Å²) in [5.41, 5.74) is -0.980. The average molecular weight is 310 g/mol. The van der Waals surface area contributed by atoms with Crippen molar-refractivity contribution in [1.29, 1.82) is 0 Å². The molecule has 0 saturated heterocycles. The molecule has 0 unspecified atom stereocenters. The first-order valence-electron chi connectivity index (χ1n) is 6.83. The van der Waals surface area contributed by atoms with Crippen molar-refractivity contribution in [3.8, 4) is 0 Å². The molecule has 0 spiro atoms. The van der Waals surface area contributed by atoms with E-state index in [9.17, 15) is 20.2 Å². The molecule has 0 aliphatic carbocycles. The van der Waals surface area contributed by atoms with Gasteiger partial charge in [0.2, 0.25) is 0 Å². The molecule has 22 heavy (non-hydrogen) atoms. The summed E-state index contributed by atoms with van der Waals surface area (Å²) in [5.74, 6) is 0. The predicted octanol–water partition coefficient (Wildman–Crippen LogP) is 3.92. The number of nitrogens with zero attached hydrogens (tertiary/aromatic N) is 2. The fraction of sp³-hybridized carbons (Fsp3) is 0.571.